The third-order valence-corrected chi connectivity index (χ3v) is 3.00. The van der Waals surface area contributed by atoms with E-state index >= 15 is 0 Å². The van der Waals surface area contributed by atoms with Gasteiger partial charge in [-0.2, -0.15) is 15.1 Å². The molecule has 2 heterocycles. The van der Waals surface area contributed by atoms with Gasteiger partial charge >= 0.3 is 0 Å². The maximum Gasteiger partial charge on any atom is 0.235 e. The Hall–Kier alpha value is -2.41. The van der Waals surface area contributed by atoms with E-state index in [9.17, 15) is 4.39 Å². The lowest BCUT2D eigenvalue weighted by molar-refractivity contribution is 0.467. The molecule has 2 aromatic heterocycles. The SMILES string of the molecule is CCNc1nc(Oc2ccc(F)c(Cl)c2)c2cn[nH]c2n1. The first kappa shape index (κ1) is 13.6. The molecule has 0 spiro atoms. The highest BCUT2D eigenvalue weighted by atomic mass is 35.5. The maximum atomic E-state index is 13.2. The third kappa shape index (κ3) is 2.73. The average Bonchev–Trinajstić information content (AvgIpc) is 2.92. The number of aromatic nitrogens is 4. The summed E-state index contributed by atoms with van der Waals surface area (Å²) in [6.07, 6.45) is 1.56. The number of halogens is 2. The van der Waals surface area contributed by atoms with Gasteiger partial charge in [-0.3, -0.25) is 5.10 Å². The first-order chi connectivity index (χ1) is 10.2. The summed E-state index contributed by atoms with van der Waals surface area (Å²) in [5.74, 6) is 0.600. The molecule has 108 valence electrons. The monoisotopic (exact) mass is 307 g/mol. The minimum Gasteiger partial charge on any atom is -0.438 e. The van der Waals surface area contributed by atoms with Gasteiger partial charge in [0.05, 0.1) is 11.2 Å². The van der Waals surface area contributed by atoms with Gasteiger partial charge in [0.2, 0.25) is 11.8 Å². The molecule has 6 nitrogen and oxygen atoms in total. The highest BCUT2D eigenvalue weighted by molar-refractivity contribution is 6.30. The number of nitrogens with zero attached hydrogens (tertiary/aromatic N) is 3. The number of nitrogens with one attached hydrogen (secondary N) is 2. The molecule has 2 N–H and O–H groups in total. The lowest BCUT2D eigenvalue weighted by atomic mass is 10.3. The number of benzene rings is 1. The van der Waals surface area contributed by atoms with Crippen LogP contribution in [0.5, 0.6) is 11.6 Å². The summed E-state index contributed by atoms with van der Waals surface area (Å²) >= 11 is 5.74. The Bertz CT molecular complexity index is 791. The van der Waals surface area contributed by atoms with Crippen molar-refractivity contribution in [3.05, 3.63) is 35.2 Å². The average molecular weight is 308 g/mol. The van der Waals surface area contributed by atoms with E-state index in [2.05, 4.69) is 25.5 Å². The summed E-state index contributed by atoms with van der Waals surface area (Å²) < 4.78 is 18.8. The van der Waals surface area contributed by atoms with Crippen molar-refractivity contribution in [2.75, 3.05) is 11.9 Å². The molecule has 0 aliphatic heterocycles. The number of fused-ring (bicyclic) bond motifs is 1. The summed E-state index contributed by atoms with van der Waals surface area (Å²) in [4.78, 5) is 8.52. The molecule has 3 aromatic rings. The summed E-state index contributed by atoms with van der Waals surface area (Å²) in [6.45, 7) is 2.60. The van der Waals surface area contributed by atoms with Gasteiger partial charge in [0.25, 0.3) is 0 Å². The lowest BCUT2D eigenvalue weighted by Crippen LogP contribution is -2.03. The third-order valence-electron chi connectivity index (χ3n) is 2.72. The van der Waals surface area contributed by atoms with Crippen LogP contribution < -0.4 is 10.1 Å². The quantitative estimate of drug-likeness (QED) is 0.773. The first-order valence-electron chi connectivity index (χ1n) is 6.25. The van der Waals surface area contributed by atoms with Crippen molar-refractivity contribution in [1.82, 2.24) is 20.2 Å². The second kappa shape index (κ2) is 5.53. The topological polar surface area (TPSA) is 75.7 Å². The Labute approximate surface area is 124 Å². The van der Waals surface area contributed by atoms with Crippen LogP contribution in [-0.4, -0.2) is 26.7 Å². The Kier molecular flexibility index (Phi) is 3.57. The zero-order valence-electron chi connectivity index (χ0n) is 11.0. The van der Waals surface area contributed by atoms with Gasteiger partial charge in [0.15, 0.2) is 5.65 Å². The van der Waals surface area contributed by atoms with Gasteiger partial charge in [-0.05, 0) is 19.1 Å². The highest BCUT2D eigenvalue weighted by Gasteiger charge is 2.12. The van der Waals surface area contributed by atoms with E-state index < -0.39 is 5.82 Å². The summed E-state index contributed by atoms with van der Waals surface area (Å²) in [5.41, 5.74) is 0.546. The van der Waals surface area contributed by atoms with Crippen molar-refractivity contribution >= 4 is 28.6 Å². The molecule has 21 heavy (non-hydrogen) atoms. The number of aromatic amines is 1. The fourth-order valence-corrected chi connectivity index (χ4v) is 1.95. The van der Waals surface area contributed by atoms with E-state index in [1.807, 2.05) is 6.92 Å². The van der Waals surface area contributed by atoms with Crippen LogP contribution in [0.15, 0.2) is 24.4 Å². The minimum absolute atomic E-state index is 0.0168. The van der Waals surface area contributed by atoms with Gasteiger partial charge < -0.3 is 10.1 Å². The standard InChI is InChI=1S/C13H11ClFN5O/c1-2-16-13-18-11-8(6-17-20-11)12(19-13)21-7-3-4-10(15)9(14)5-7/h3-6H,2H2,1H3,(H2,16,17,18,19,20). The number of hydrogen-bond donors (Lipinski definition) is 2. The summed E-state index contributed by atoms with van der Waals surface area (Å²) in [6, 6.07) is 4.09. The first-order valence-corrected chi connectivity index (χ1v) is 6.63. The van der Waals surface area contributed by atoms with Crippen LogP contribution in [-0.2, 0) is 0 Å². The summed E-state index contributed by atoms with van der Waals surface area (Å²) in [5, 5.41) is 10.3. The van der Waals surface area contributed by atoms with Crippen molar-refractivity contribution in [2.45, 2.75) is 6.92 Å². The van der Waals surface area contributed by atoms with Gasteiger partial charge in [-0.15, -0.1) is 0 Å². The molecule has 0 bridgehead atoms. The molecule has 0 saturated carbocycles. The molecule has 0 amide bonds. The van der Waals surface area contributed by atoms with E-state index in [1.54, 1.807) is 6.20 Å². The van der Waals surface area contributed by atoms with Crippen molar-refractivity contribution in [3.8, 4) is 11.6 Å². The number of rotatable bonds is 4. The fourth-order valence-electron chi connectivity index (χ4n) is 1.78. The number of hydrogen-bond acceptors (Lipinski definition) is 5. The van der Waals surface area contributed by atoms with Crippen LogP contribution in [0.3, 0.4) is 0 Å². The molecular formula is C13H11ClFN5O. The molecular weight excluding hydrogens is 297 g/mol. The Balaban J connectivity index is 2.01. The highest BCUT2D eigenvalue weighted by Crippen LogP contribution is 2.29. The summed E-state index contributed by atoms with van der Waals surface area (Å²) in [7, 11) is 0. The zero-order valence-corrected chi connectivity index (χ0v) is 11.8. The van der Waals surface area contributed by atoms with E-state index in [0.717, 1.165) is 0 Å². The molecule has 1 aromatic carbocycles. The number of H-pyrrole nitrogens is 1. The van der Waals surface area contributed by atoms with Gasteiger partial charge in [-0.25, -0.2) is 4.39 Å². The van der Waals surface area contributed by atoms with Crippen LogP contribution in [0.25, 0.3) is 11.0 Å². The van der Waals surface area contributed by atoms with Crippen LogP contribution >= 0.6 is 11.6 Å². The second-order valence-electron chi connectivity index (χ2n) is 4.19. The van der Waals surface area contributed by atoms with E-state index in [-0.39, 0.29) is 5.02 Å². The van der Waals surface area contributed by atoms with Crippen LogP contribution in [0, 0.1) is 5.82 Å². The number of anilines is 1. The van der Waals surface area contributed by atoms with Crippen molar-refractivity contribution in [3.63, 3.8) is 0 Å². The predicted molar refractivity (Wildman–Crippen MR) is 77.3 cm³/mol. The molecule has 8 heteroatoms. The molecule has 0 aliphatic rings. The largest absolute Gasteiger partial charge is 0.438 e. The molecule has 0 fully saturated rings. The molecule has 0 atom stereocenters. The Morgan fingerprint density at radius 3 is 3.00 bits per heavy atom. The molecule has 0 saturated heterocycles. The van der Waals surface area contributed by atoms with Crippen molar-refractivity contribution in [1.29, 1.82) is 0 Å². The van der Waals surface area contributed by atoms with E-state index in [1.165, 1.54) is 18.2 Å². The number of ether oxygens (including phenoxy) is 1. The Morgan fingerprint density at radius 2 is 2.24 bits per heavy atom. The van der Waals surface area contributed by atoms with Gasteiger partial charge in [0.1, 0.15) is 17.0 Å². The Morgan fingerprint density at radius 1 is 1.38 bits per heavy atom. The molecule has 0 aliphatic carbocycles. The normalized spacial score (nSPS) is 10.8. The van der Waals surface area contributed by atoms with Gasteiger partial charge in [0, 0.05) is 12.6 Å². The minimum atomic E-state index is -0.506. The maximum absolute atomic E-state index is 13.2. The van der Waals surface area contributed by atoms with Crippen LogP contribution in [0.2, 0.25) is 5.02 Å². The molecule has 0 unspecified atom stereocenters. The van der Waals surface area contributed by atoms with Crippen molar-refractivity contribution < 1.29 is 9.13 Å². The fraction of sp³-hybridized carbons (Fsp3) is 0.154. The van der Waals surface area contributed by atoms with E-state index in [4.69, 9.17) is 16.3 Å². The predicted octanol–water partition coefficient (Wildman–Crippen LogP) is 3.37. The van der Waals surface area contributed by atoms with Crippen molar-refractivity contribution in [2.24, 2.45) is 0 Å². The van der Waals surface area contributed by atoms with Crippen LogP contribution in [0.4, 0.5) is 10.3 Å². The zero-order chi connectivity index (χ0) is 14.8. The lowest BCUT2D eigenvalue weighted by Gasteiger charge is -2.08. The van der Waals surface area contributed by atoms with Crippen LogP contribution in [0.1, 0.15) is 6.92 Å². The van der Waals surface area contributed by atoms with Gasteiger partial charge in [-0.1, -0.05) is 11.6 Å². The second-order valence-corrected chi connectivity index (χ2v) is 4.60. The molecule has 3 rings (SSSR count). The van der Waals surface area contributed by atoms with E-state index in [0.29, 0.717) is 35.2 Å². The molecule has 0 radical (unpaired) electrons. The smallest absolute Gasteiger partial charge is 0.235 e.